The van der Waals surface area contributed by atoms with Crippen LogP contribution in [-0.4, -0.2) is 4.98 Å². The molecular formula is C11H8ClF2N. The Labute approximate surface area is 92.2 Å². The molecule has 0 aliphatic rings. The third kappa shape index (κ3) is 2.73. The van der Waals surface area contributed by atoms with Gasteiger partial charge in [0.25, 0.3) is 0 Å². The smallest absolute Gasteiger partial charge is 0.126 e. The van der Waals surface area contributed by atoms with Crippen molar-refractivity contribution in [3.63, 3.8) is 0 Å². The standard InChI is InChI=1S/C11H7F2N.ClH/c12-10-5-9(6-11(13)7-10)8-1-3-14-4-2-8;/h1-7H;1H. The lowest BCUT2D eigenvalue weighted by Gasteiger charge is -2.01. The molecule has 0 bridgehead atoms. The van der Waals surface area contributed by atoms with Crippen molar-refractivity contribution >= 4 is 12.4 Å². The first kappa shape index (κ1) is 11.6. The van der Waals surface area contributed by atoms with E-state index in [0.717, 1.165) is 11.6 Å². The highest BCUT2D eigenvalue weighted by Crippen LogP contribution is 2.20. The maximum atomic E-state index is 12.9. The summed E-state index contributed by atoms with van der Waals surface area (Å²) >= 11 is 0. The van der Waals surface area contributed by atoms with E-state index in [1.807, 2.05) is 0 Å². The summed E-state index contributed by atoms with van der Waals surface area (Å²) < 4.78 is 25.7. The van der Waals surface area contributed by atoms with Crippen molar-refractivity contribution in [2.45, 2.75) is 0 Å². The van der Waals surface area contributed by atoms with E-state index < -0.39 is 11.6 Å². The van der Waals surface area contributed by atoms with Crippen LogP contribution in [0, 0.1) is 11.6 Å². The predicted molar refractivity (Wildman–Crippen MR) is 56.8 cm³/mol. The highest BCUT2D eigenvalue weighted by Gasteiger charge is 2.01. The topological polar surface area (TPSA) is 12.9 Å². The second kappa shape index (κ2) is 4.84. The maximum absolute atomic E-state index is 12.9. The summed E-state index contributed by atoms with van der Waals surface area (Å²) in [7, 11) is 0. The van der Waals surface area contributed by atoms with E-state index in [9.17, 15) is 8.78 Å². The quantitative estimate of drug-likeness (QED) is 0.727. The van der Waals surface area contributed by atoms with Crippen molar-refractivity contribution in [2.75, 3.05) is 0 Å². The highest BCUT2D eigenvalue weighted by molar-refractivity contribution is 5.85. The summed E-state index contributed by atoms with van der Waals surface area (Å²) in [5.74, 6) is -1.14. The van der Waals surface area contributed by atoms with Crippen LogP contribution in [-0.2, 0) is 0 Å². The zero-order valence-electron chi connectivity index (χ0n) is 7.65. The molecule has 15 heavy (non-hydrogen) atoms. The van der Waals surface area contributed by atoms with Crippen LogP contribution in [0.15, 0.2) is 42.7 Å². The summed E-state index contributed by atoms with van der Waals surface area (Å²) in [5, 5.41) is 0. The normalized spacial score (nSPS) is 9.47. The van der Waals surface area contributed by atoms with Gasteiger partial charge >= 0.3 is 0 Å². The Morgan fingerprint density at radius 1 is 0.800 bits per heavy atom. The van der Waals surface area contributed by atoms with E-state index >= 15 is 0 Å². The van der Waals surface area contributed by atoms with Crippen molar-refractivity contribution in [3.8, 4) is 11.1 Å². The Kier molecular flexibility index (Phi) is 3.74. The summed E-state index contributed by atoms with van der Waals surface area (Å²) in [6.45, 7) is 0. The van der Waals surface area contributed by atoms with E-state index in [4.69, 9.17) is 0 Å². The fourth-order valence-electron chi connectivity index (χ4n) is 1.26. The number of aromatic nitrogens is 1. The van der Waals surface area contributed by atoms with Crippen LogP contribution in [0.5, 0.6) is 0 Å². The largest absolute Gasteiger partial charge is 0.265 e. The minimum absolute atomic E-state index is 0. The van der Waals surface area contributed by atoms with E-state index in [1.165, 1.54) is 12.1 Å². The summed E-state index contributed by atoms with van der Waals surface area (Å²) in [6.07, 6.45) is 3.16. The minimum Gasteiger partial charge on any atom is -0.265 e. The average molecular weight is 228 g/mol. The average Bonchev–Trinajstić information content (AvgIpc) is 2.18. The number of pyridine rings is 1. The Morgan fingerprint density at radius 2 is 1.33 bits per heavy atom. The number of hydrogen-bond acceptors (Lipinski definition) is 1. The van der Waals surface area contributed by atoms with Gasteiger partial charge in [0.05, 0.1) is 0 Å². The SMILES string of the molecule is Cl.Fc1cc(F)cc(-c2ccncc2)c1. The van der Waals surface area contributed by atoms with Gasteiger partial charge in [0, 0.05) is 18.5 Å². The van der Waals surface area contributed by atoms with Gasteiger partial charge in [-0.2, -0.15) is 0 Å². The zero-order valence-corrected chi connectivity index (χ0v) is 8.47. The van der Waals surface area contributed by atoms with Crippen LogP contribution in [0.4, 0.5) is 8.78 Å². The third-order valence-electron chi connectivity index (χ3n) is 1.88. The molecule has 4 heteroatoms. The van der Waals surface area contributed by atoms with Crippen LogP contribution in [0.2, 0.25) is 0 Å². The number of hydrogen-bond donors (Lipinski definition) is 0. The zero-order chi connectivity index (χ0) is 9.97. The Bertz CT molecular complexity index is 425. The second-order valence-electron chi connectivity index (χ2n) is 2.89. The predicted octanol–water partition coefficient (Wildman–Crippen LogP) is 3.45. The van der Waals surface area contributed by atoms with Crippen molar-refractivity contribution in [1.82, 2.24) is 4.98 Å². The van der Waals surface area contributed by atoms with Crippen molar-refractivity contribution in [3.05, 3.63) is 54.4 Å². The molecule has 1 aromatic carbocycles. The van der Waals surface area contributed by atoms with E-state index in [0.29, 0.717) is 5.56 Å². The van der Waals surface area contributed by atoms with Gasteiger partial charge in [0.2, 0.25) is 0 Å². The molecule has 0 amide bonds. The monoisotopic (exact) mass is 227 g/mol. The molecule has 0 atom stereocenters. The molecule has 2 aromatic rings. The molecule has 0 saturated heterocycles. The van der Waals surface area contributed by atoms with E-state index in [1.54, 1.807) is 24.5 Å². The number of nitrogens with zero attached hydrogens (tertiary/aromatic N) is 1. The number of halogens is 3. The molecule has 0 aliphatic carbocycles. The van der Waals surface area contributed by atoms with Gasteiger partial charge in [-0.1, -0.05) is 0 Å². The van der Waals surface area contributed by atoms with Crippen molar-refractivity contribution in [1.29, 1.82) is 0 Å². The Morgan fingerprint density at radius 3 is 1.87 bits per heavy atom. The van der Waals surface area contributed by atoms with Gasteiger partial charge in [-0.05, 0) is 35.4 Å². The van der Waals surface area contributed by atoms with Crippen LogP contribution in [0.3, 0.4) is 0 Å². The number of benzene rings is 1. The fraction of sp³-hybridized carbons (Fsp3) is 0. The molecule has 2 rings (SSSR count). The molecule has 0 N–H and O–H groups in total. The molecular weight excluding hydrogens is 220 g/mol. The van der Waals surface area contributed by atoms with Crippen LogP contribution < -0.4 is 0 Å². The van der Waals surface area contributed by atoms with Crippen LogP contribution in [0.25, 0.3) is 11.1 Å². The Hall–Kier alpha value is -1.48. The lowest BCUT2D eigenvalue weighted by atomic mass is 10.1. The summed E-state index contributed by atoms with van der Waals surface area (Å²) in [5.41, 5.74) is 1.27. The first-order valence-electron chi connectivity index (χ1n) is 4.12. The molecule has 78 valence electrons. The van der Waals surface area contributed by atoms with Gasteiger partial charge < -0.3 is 0 Å². The molecule has 0 fully saturated rings. The van der Waals surface area contributed by atoms with Gasteiger partial charge in [-0.25, -0.2) is 8.78 Å². The molecule has 0 unspecified atom stereocenters. The summed E-state index contributed by atoms with van der Waals surface area (Å²) in [4.78, 5) is 3.83. The van der Waals surface area contributed by atoms with Crippen LogP contribution >= 0.6 is 12.4 Å². The van der Waals surface area contributed by atoms with Gasteiger partial charge in [0.15, 0.2) is 0 Å². The highest BCUT2D eigenvalue weighted by atomic mass is 35.5. The second-order valence-corrected chi connectivity index (χ2v) is 2.89. The summed E-state index contributed by atoms with van der Waals surface area (Å²) in [6, 6.07) is 6.84. The maximum Gasteiger partial charge on any atom is 0.126 e. The molecule has 1 heterocycles. The molecule has 1 aromatic heterocycles. The van der Waals surface area contributed by atoms with Gasteiger partial charge in [-0.15, -0.1) is 12.4 Å². The van der Waals surface area contributed by atoms with E-state index in [2.05, 4.69) is 4.98 Å². The molecule has 0 saturated carbocycles. The van der Waals surface area contributed by atoms with Crippen molar-refractivity contribution in [2.24, 2.45) is 0 Å². The van der Waals surface area contributed by atoms with Crippen molar-refractivity contribution < 1.29 is 8.78 Å². The molecule has 0 spiro atoms. The molecule has 0 aliphatic heterocycles. The number of rotatable bonds is 1. The molecule has 1 nitrogen and oxygen atoms in total. The Balaban J connectivity index is 0.00000112. The molecule has 0 radical (unpaired) electrons. The van der Waals surface area contributed by atoms with Gasteiger partial charge in [-0.3, -0.25) is 4.98 Å². The lowest BCUT2D eigenvalue weighted by molar-refractivity contribution is 0.584. The van der Waals surface area contributed by atoms with Gasteiger partial charge in [0.1, 0.15) is 11.6 Å². The minimum atomic E-state index is -0.572. The first-order valence-corrected chi connectivity index (χ1v) is 4.12. The third-order valence-corrected chi connectivity index (χ3v) is 1.88. The van der Waals surface area contributed by atoms with E-state index in [-0.39, 0.29) is 12.4 Å². The lowest BCUT2D eigenvalue weighted by Crippen LogP contribution is -1.84. The fourth-order valence-corrected chi connectivity index (χ4v) is 1.26. The van der Waals surface area contributed by atoms with Crippen LogP contribution in [0.1, 0.15) is 0 Å². The first-order chi connectivity index (χ1) is 6.75.